The Morgan fingerprint density at radius 2 is 1.32 bits per heavy atom. The van der Waals surface area contributed by atoms with Crippen LogP contribution in [0.15, 0.2) is 17.0 Å². The van der Waals surface area contributed by atoms with Crippen LogP contribution in [0.1, 0.15) is 89.2 Å². The zero-order valence-electron chi connectivity index (χ0n) is 17.6. The van der Waals surface area contributed by atoms with Crippen molar-refractivity contribution in [1.82, 2.24) is 0 Å². The summed E-state index contributed by atoms with van der Waals surface area (Å²) >= 11 is 0. The molecule has 5 heteroatoms. The van der Waals surface area contributed by atoms with Gasteiger partial charge >= 0.3 is 29.6 Å². The third-order valence-corrected chi connectivity index (χ3v) is 5.71. The smallest absolute Gasteiger partial charge is 1.00 e. The summed E-state index contributed by atoms with van der Waals surface area (Å²) in [5, 5.41) is 0. The number of aryl methyl sites for hydroxylation is 3. The molecule has 0 amide bonds. The molecule has 0 aliphatic heterocycles. The summed E-state index contributed by atoms with van der Waals surface area (Å²) in [6.45, 7) is 5.91. The fourth-order valence-electron chi connectivity index (χ4n) is 3.20. The van der Waals surface area contributed by atoms with Crippen LogP contribution in [-0.2, 0) is 16.5 Å². The molecule has 0 heterocycles. The maximum atomic E-state index is 11.3. The second-order valence-corrected chi connectivity index (χ2v) is 8.34. The number of rotatable bonds is 12. The van der Waals surface area contributed by atoms with E-state index in [9.17, 15) is 13.0 Å². The SMILES string of the molecule is CCCCCCCCCCCCc1cc(C)c(S(=O)(=O)O)cc1C.[H-].[Na+]. The first-order valence-electron chi connectivity index (χ1n) is 9.44. The van der Waals surface area contributed by atoms with Crippen LogP contribution in [0, 0.1) is 13.8 Å². The fourth-order valence-corrected chi connectivity index (χ4v) is 3.99. The Morgan fingerprint density at radius 1 is 0.840 bits per heavy atom. The second-order valence-electron chi connectivity index (χ2n) is 6.95. The number of hydrogen-bond donors (Lipinski definition) is 1. The minimum atomic E-state index is -4.12. The first kappa shape index (κ1) is 25.1. The van der Waals surface area contributed by atoms with Crippen molar-refractivity contribution in [3.63, 3.8) is 0 Å². The molecule has 0 unspecified atom stereocenters. The quantitative estimate of drug-likeness (QED) is 0.345. The van der Waals surface area contributed by atoms with E-state index < -0.39 is 10.1 Å². The molecule has 0 saturated heterocycles. The Labute approximate surface area is 178 Å². The Bertz CT molecular complexity index is 603. The van der Waals surface area contributed by atoms with E-state index in [1.807, 2.05) is 13.0 Å². The van der Waals surface area contributed by atoms with Crippen LogP contribution in [-0.4, -0.2) is 13.0 Å². The summed E-state index contributed by atoms with van der Waals surface area (Å²) in [6, 6.07) is 3.50. The largest absolute Gasteiger partial charge is 1.00 e. The van der Waals surface area contributed by atoms with Crippen molar-refractivity contribution in [2.45, 2.75) is 96.3 Å². The molecule has 3 nitrogen and oxygen atoms in total. The zero-order valence-corrected chi connectivity index (χ0v) is 19.4. The van der Waals surface area contributed by atoms with Crippen LogP contribution < -0.4 is 29.6 Å². The normalized spacial score (nSPS) is 11.4. The van der Waals surface area contributed by atoms with Gasteiger partial charge in [0.1, 0.15) is 0 Å². The van der Waals surface area contributed by atoms with Gasteiger partial charge in [-0.15, -0.1) is 0 Å². The summed E-state index contributed by atoms with van der Waals surface area (Å²) in [7, 11) is -4.12. The molecule has 0 atom stereocenters. The molecule has 0 aliphatic carbocycles. The first-order chi connectivity index (χ1) is 11.4. The molecule has 1 aromatic rings. The van der Waals surface area contributed by atoms with Gasteiger partial charge in [-0.2, -0.15) is 8.42 Å². The van der Waals surface area contributed by atoms with Crippen molar-refractivity contribution in [2.75, 3.05) is 0 Å². The third kappa shape index (κ3) is 10.1. The Morgan fingerprint density at radius 3 is 1.80 bits per heavy atom. The van der Waals surface area contributed by atoms with Crippen LogP contribution in [0.5, 0.6) is 0 Å². The number of benzene rings is 1. The molecule has 1 rings (SSSR count). The molecule has 0 aromatic heterocycles. The van der Waals surface area contributed by atoms with Gasteiger partial charge in [0.05, 0.1) is 4.90 Å². The topological polar surface area (TPSA) is 54.4 Å². The van der Waals surface area contributed by atoms with Gasteiger partial charge < -0.3 is 1.43 Å². The predicted molar refractivity (Wildman–Crippen MR) is 102 cm³/mol. The van der Waals surface area contributed by atoms with Gasteiger partial charge in [0.15, 0.2) is 0 Å². The third-order valence-electron chi connectivity index (χ3n) is 4.71. The molecule has 0 saturated carbocycles. The Kier molecular flexibility index (Phi) is 13.4. The average molecular weight is 379 g/mol. The summed E-state index contributed by atoms with van der Waals surface area (Å²) in [6.07, 6.45) is 14.1. The zero-order chi connectivity index (χ0) is 18.0. The molecule has 0 aliphatic rings. The molecule has 0 radical (unpaired) electrons. The minimum absolute atomic E-state index is 0. The number of hydrogen-bond acceptors (Lipinski definition) is 2. The maximum Gasteiger partial charge on any atom is 1.00 e. The molecule has 0 fully saturated rings. The van der Waals surface area contributed by atoms with E-state index in [1.165, 1.54) is 63.4 Å². The van der Waals surface area contributed by atoms with Crippen molar-refractivity contribution in [3.8, 4) is 0 Å². The molecule has 0 spiro atoms. The van der Waals surface area contributed by atoms with E-state index in [4.69, 9.17) is 0 Å². The van der Waals surface area contributed by atoms with E-state index in [-0.39, 0.29) is 35.9 Å². The first-order valence-corrected chi connectivity index (χ1v) is 10.9. The van der Waals surface area contributed by atoms with Gasteiger partial charge in [-0.3, -0.25) is 4.55 Å². The van der Waals surface area contributed by atoms with Crippen molar-refractivity contribution in [3.05, 3.63) is 28.8 Å². The monoisotopic (exact) mass is 378 g/mol. The van der Waals surface area contributed by atoms with Crippen molar-refractivity contribution >= 4 is 10.1 Å². The molecular formula is C20H35NaO3S. The molecule has 25 heavy (non-hydrogen) atoms. The van der Waals surface area contributed by atoms with Crippen LogP contribution in [0.3, 0.4) is 0 Å². The van der Waals surface area contributed by atoms with Crippen molar-refractivity contribution < 1.29 is 44.0 Å². The molecule has 1 aromatic carbocycles. The van der Waals surface area contributed by atoms with Crippen molar-refractivity contribution in [1.29, 1.82) is 0 Å². The van der Waals surface area contributed by atoms with E-state index in [0.29, 0.717) is 5.56 Å². The van der Waals surface area contributed by atoms with Crippen LogP contribution in [0.4, 0.5) is 0 Å². The Hall–Kier alpha value is 0.130. The van der Waals surface area contributed by atoms with Gasteiger partial charge in [0.2, 0.25) is 0 Å². The number of unbranched alkanes of at least 4 members (excludes halogenated alkanes) is 9. The van der Waals surface area contributed by atoms with E-state index >= 15 is 0 Å². The molecular weight excluding hydrogens is 343 g/mol. The van der Waals surface area contributed by atoms with Crippen LogP contribution in [0.25, 0.3) is 0 Å². The van der Waals surface area contributed by atoms with Crippen molar-refractivity contribution in [2.24, 2.45) is 0 Å². The predicted octanol–water partition coefficient (Wildman–Crippen LogP) is 3.13. The molecule has 1 N–H and O–H groups in total. The van der Waals surface area contributed by atoms with Gasteiger partial charge in [0, 0.05) is 0 Å². The average Bonchev–Trinajstić information content (AvgIpc) is 2.51. The van der Waals surface area contributed by atoms with E-state index in [2.05, 4.69) is 6.92 Å². The second kappa shape index (κ2) is 13.3. The Balaban J connectivity index is 0. The minimum Gasteiger partial charge on any atom is -1.00 e. The van der Waals surface area contributed by atoms with Crippen LogP contribution >= 0.6 is 0 Å². The van der Waals surface area contributed by atoms with Gasteiger partial charge in [-0.1, -0.05) is 70.8 Å². The molecule has 0 bridgehead atoms. The van der Waals surface area contributed by atoms with Gasteiger partial charge in [-0.05, 0) is 49.4 Å². The van der Waals surface area contributed by atoms with Gasteiger partial charge in [-0.25, -0.2) is 0 Å². The molecule has 140 valence electrons. The summed E-state index contributed by atoms with van der Waals surface area (Å²) < 4.78 is 31.9. The standard InChI is InChI=1S/C20H34O3S.Na.H/c1-4-5-6-7-8-9-10-11-12-13-14-19-15-18(3)20(16-17(19)2)24(21,22)23;;/h15-16H,4-14H2,1-3H3,(H,21,22,23);;/q;+1;-1. The summed E-state index contributed by atoms with van der Waals surface area (Å²) in [5.41, 5.74) is 2.77. The van der Waals surface area contributed by atoms with Gasteiger partial charge in [0.25, 0.3) is 10.1 Å². The fraction of sp³-hybridized carbons (Fsp3) is 0.700. The summed E-state index contributed by atoms with van der Waals surface area (Å²) in [5.74, 6) is 0. The van der Waals surface area contributed by atoms with Crippen LogP contribution in [0.2, 0.25) is 0 Å². The maximum absolute atomic E-state index is 11.3. The summed E-state index contributed by atoms with van der Waals surface area (Å²) in [4.78, 5) is 0.0341. The van der Waals surface area contributed by atoms with E-state index in [0.717, 1.165) is 18.4 Å². The van der Waals surface area contributed by atoms with E-state index in [1.54, 1.807) is 13.0 Å².